The number of hydrogen-bond donors (Lipinski definition) is 1. The summed E-state index contributed by atoms with van der Waals surface area (Å²) in [6.45, 7) is 0. The Hall–Kier alpha value is -1.66. The van der Waals surface area contributed by atoms with Crippen LogP contribution < -0.4 is 0 Å². The van der Waals surface area contributed by atoms with E-state index in [2.05, 4.69) is 0 Å². The predicted octanol–water partition coefficient (Wildman–Crippen LogP) is 3.08. The van der Waals surface area contributed by atoms with Crippen molar-refractivity contribution in [3.05, 3.63) is 52.5 Å². The quantitative estimate of drug-likeness (QED) is 0.942. The van der Waals surface area contributed by atoms with Crippen LogP contribution in [0.15, 0.2) is 39.8 Å². The van der Waals surface area contributed by atoms with Crippen LogP contribution in [0, 0.1) is 5.82 Å². The Morgan fingerprint density at radius 3 is 2.68 bits per heavy atom. The molecular weight excluding hydrogens is 295 g/mol. The summed E-state index contributed by atoms with van der Waals surface area (Å²) in [5.74, 6) is -2.32. The Balaban J connectivity index is 2.23. The van der Waals surface area contributed by atoms with Crippen molar-refractivity contribution in [2.24, 2.45) is 0 Å². The highest BCUT2D eigenvalue weighted by atomic mass is 35.5. The summed E-state index contributed by atoms with van der Waals surface area (Å²) < 4.78 is 30.4. The van der Waals surface area contributed by atoms with Gasteiger partial charge < -0.3 is 9.52 Å². The SMILES string of the molecule is O=C(O)c1ccc(S(=O)Cc2c(F)cccc2Cl)o1. The number of carboxylic acids is 1. The molecule has 4 nitrogen and oxygen atoms in total. The third kappa shape index (κ3) is 3.02. The van der Waals surface area contributed by atoms with E-state index in [0.717, 1.165) is 0 Å². The summed E-state index contributed by atoms with van der Waals surface area (Å²) in [4.78, 5) is 10.6. The first-order chi connectivity index (χ1) is 8.99. The van der Waals surface area contributed by atoms with Crippen LogP contribution in [0.3, 0.4) is 0 Å². The lowest BCUT2D eigenvalue weighted by molar-refractivity contribution is 0.0656. The average Bonchev–Trinajstić information content (AvgIpc) is 2.83. The second-order valence-corrected chi connectivity index (χ2v) is 5.40. The molecule has 0 saturated heterocycles. The topological polar surface area (TPSA) is 67.5 Å². The molecule has 1 heterocycles. The highest BCUT2D eigenvalue weighted by molar-refractivity contribution is 7.84. The van der Waals surface area contributed by atoms with Gasteiger partial charge in [0.2, 0.25) is 5.76 Å². The Morgan fingerprint density at radius 1 is 1.37 bits per heavy atom. The standard InChI is InChI=1S/C12H8ClFO4S/c13-8-2-1-3-9(14)7(8)6-19(17)11-5-4-10(18-11)12(15)16/h1-5H,6H2,(H,15,16). The fourth-order valence-corrected chi connectivity index (χ4v) is 2.84. The Kier molecular flexibility index (Phi) is 4.01. The van der Waals surface area contributed by atoms with E-state index in [1.54, 1.807) is 0 Å². The summed E-state index contributed by atoms with van der Waals surface area (Å²) in [6, 6.07) is 6.62. The van der Waals surface area contributed by atoms with Crippen LogP contribution in [0.25, 0.3) is 0 Å². The lowest BCUT2D eigenvalue weighted by atomic mass is 10.2. The first kappa shape index (κ1) is 13.8. The highest BCUT2D eigenvalue weighted by Gasteiger charge is 2.17. The molecule has 2 aromatic rings. The van der Waals surface area contributed by atoms with Crippen LogP contribution in [0.1, 0.15) is 16.1 Å². The fourth-order valence-electron chi connectivity index (χ4n) is 1.43. The van der Waals surface area contributed by atoms with Gasteiger partial charge in [0, 0.05) is 10.6 Å². The smallest absolute Gasteiger partial charge is 0.371 e. The van der Waals surface area contributed by atoms with Gasteiger partial charge in [-0.2, -0.15) is 0 Å². The number of carboxylic acid groups (broad SMARTS) is 1. The molecule has 1 unspecified atom stereocenters. The van der Waals surface area contributed by atoms with E-state index in [0.29, 0.717) is 0 Å². The minimum absolute atomic E-state index is 0.0308. The average molecular weight is 303 g/mol. The third-order valence-electron chi connectivity index (χ3n) is 2.35. The van der Waals surface area contributed by atoms with Crippen LogP contribution in [-0.2, 0) is 16.6 Å². The van der Waals surface area contributed by atoms with Crippen molar-refractivity contribution >= 4 is 28.4 Å². The summed E-state index contributed by atoms with van der Waals surface area (Å²) in [5, 5.41) is 8.82. The molecule has 2 rings (SSSR count). The van der Waals surface area contributed by atoms with E-state index in [9.17, 15) is 13.4 Å². The van der Waals surface area contributed by atoms with Crippen LogP contribution in [0.5, 0.6) is 0 Å². The zero-order valence-electron chi connectivity index (χ0n) is 9.43. The summed E-state index contributed by atoms with van der Waals surface area (Å²) in [6.07, 6.45) is 0. The molecule has 1 aromatic carbocycles. The number of aromatic carboxylic acids is 1. The lowest BCUT2D eigenvalue weighted by Crippen LogP contribution is -1.99. The molecule has 0 bridgehead atoms. The molecule has 100 valence electrons. The maximum Gasteiger partial charge on any atom is 0.371 e. The molecule has 0 aliphatic rings. The van der Waals surface area contributed by atoms with E-state index < -0.39 is 22.6 Å². The number of halogens is 2. The largest absolute Gasteiger partial charge is 0.475 e. The molecule has 0 spiro atoms. The van der Waals surface area contributed by atoms with Gasteiger partial charge in [-0.15, -0.1) is 0 Å². The van der Waals surface area contributed by atoms with Crippen molar-refractivity contribution in [3.8, 4) is 0 Å². The van der Waals surface area contributed by atoms with Crippen molar-refractivity contribution in [2.45, 2.75) is 10.8 Å². The zero-order valence-corrected chi connectivity index (χ0v) is 11.0. The normalized spacial score (nSPS) is 12.3. The maximum absolute atomic E-state index is 13.5. The first-order valence-corrected chi connectivity index (χ1v) is 6.83. The van der Waals surface area contributed by atoms with E-state index in [-0.39, 0.29) is 27.2 Å². The molecule has 0 saturated carbocycles. The predicted molar refractivity (Wildman–Crippen MR) is 67.2 cm³/mol. The van der Waals surface area contributed by atoms with Gasteiger partial charge in [-0.1, -0.05) is 17.7 Å². The Labute approximate surface area is 115 Å². The summed E-state index contributed by atoms with van der Waals surface area (Å²) >= 11 is 5.82. The second kappa shape index (κ2) is 5.54. The minimum Gasteiger partial charge on any atom is -0.475 e. The van der Waals surface area contributed by atoms with Crippen molar-refractivity contribution in [2.75, 3.05) is 0 Å². The van der Waals surface area contributed by atoms with Crippen molar-refractivity contribution < 1.29 is 22.9 Å². The van der Waals surface area contributed by atoms with Gasteiger partial charge in [0.1, 0.15) is 5.82 Å². The zero-order chi connectivity index (χ0) is 14.0. The van der Waals surface area contributed by atoms with Gasteiger partial charge in [0.15, 0.2) is 5.09 Å². The van der Waals surface area contributed by atoms with Gasteiger partial charge in [-0.3, -0.25) is 4.21 Å². The van der Waals surface area contributed by atoms with Crippen molar-refractivity contribution in [1.82, 2.24) is 0 Å². The number of carbonyl (C=O) groups is 1. The second-order valence-electron chi connectivity index (χ2n) is 3.61. The van der Waals surface area contributed by atoms with Gasteiger partial charge >= 0.3 is 5.97 Å². The lowest BCUT2D eigenvalue weighted by Gasteiger charge is -2.04. The fraction of sp³-hybridized carbons (Fsp3) is 0.0833. The van der Waals surface area contributed by atoms with E-state index >= 15 is 0 Å². The van der Waals surface area contributed by atoms with Gasteiger partial charge in [-0.25, -0.2) is 9.18 Å². The monoisotopic (exact) mass is 302 g/mol. The van der Waals surface area contributed by atoms with Gasteiger partial charge in [-0.05, 0) is 24.3 Å². The van der Waals surface area contributed by atoms with E-state index in [4.69, 9.17) is 21.1 Å². The Bertz CT molecular complexity index is 633. The van der Waals surface area contributed by atoms with Gasteiger partial charge in [0.25, 0.3) is 0 Å². The molecule has 0 fully saturated rings. The summed E-state index contributed by atoms with van der Waals surface area (Å²) in [5.41, 5.74) is 0.107. The maximum atomic E-state index is 13.5. The molecule has 1 atom stereocenters. The molecular formula is C12H8ClFO4S. The van der Waals surface area contributed by atoms with Crippen LogP contribution in [0.2, 0.25) is 5.02 Å². The van der Waals surface area contributed by atoms with E-state index in [1.165, 1.54) is 30.3 Å². The summed E-state index contributed by atoms with van der Waals surface area (Å²) in [7, 11) is -1.71. The Morgan fingerprint density at radius 2 is 2.11 bits per heavy atom. The molecule has 1 aromatic heterocycles. The molecule has 0 amide bonds. The van der Waals surface area contributed by atoms with Crippen molar-refractivity contribution in [1.29, 1.82) is 0 Å². The number of hydrogen-bond acceptors (Lipinski definition) is 3. The van der Waals surface area contributed by atoms with Crippen molar-refractivity contribution in [3.63, 3.8) is 0 Å². The molecule has 0 radical (unpaired) electrons. The van der Waals surface area contributed by atoms with Crippen LogP contribution >= 0.6 is 11.6 Å². The molecule has 1 N–H and O–H groups in total. The number of rotatable bonds is 4. The number of furan rings is 1. The van der Waals surface area contributed by atoms with E-state index in [1.807, 2.05) is 0 Å². The van der Waals surface area contributed by atoms with Crippen LogP contribution in [-0.4, -0.2) is 15.3 Å². The number of benzene rings is 1. The van der Waals surface area contributed by atoms with Gasteiger partial charge in [0.05, 0.1) is 16.6 Å². The molecule has 19 heavy (non-hydrogen) atoms. The molecule has 7 heteroatoms. The third-order valence-corrected chi connectivity index (χ3v) is 3.93. The van der Waals surface area contributed by atoms with Crippen LogP contribution in [0.4, 0.5) is 4.39 Å². The molecule has 0 aliphatic carbocycles. The first-order valence-electron chi connectivity index (χ1n) is 5.13. The highest BCUT2D eigenvalue weighted by Crippen LogP contribution is 2.23. The molecule has 0 aliphatic heterocycles. The minimum atomic E-state index is -1.71.